The summed E-state index contributed by atoms with van der Waals surface area (Å²) < 4.78 is 0. The van der Waals surface area contributed by atoms with Gasteiger partial charge in [0.2, 0.25) is 11.8 Å². The number of rotatable bonds is 5. The molecule has 0 aromatic heterocycles. The van der Waals surface area contributed by atoms with Crippen LogP contribution < -0.4 is 5.32 Å². The number of nitrogens with zero attached hydrogens (tertiary/aromatic N) is 1. The zero-order valence-electron chi connectivity index (χ0n) is 14.9. The van der Waals surface area contributed by atoms with Crippen LogP contribution >= 0.6 is 0 Å². The molecule has 23 heavy (non-hydrogen) atoms. The first-order chi connectivity index (χ1) is 10.7. The van der Waals surface area contributed by atoms with Crippen LogP contribution in [-0.2, 0) is 9.59 Å². The third kappa shape index (κ3) is 5.20. The van der Waals surface area contributed by atoms with Gasteiger partial charge in [-0.15, -0.1) is 0 Å². The van der Waals surface area contributed by atoms with Crippen LogP contribution in [0.4, 0.5) is 0 Å². The lowest BCUT2D eigenvalue weighted by Crippen LogP contribution is -2.49. The van der Waals surface area contributed by atoms with Gasteiger partial charge in [-0.2, -0.15) is 0 Å². The molecule has 2 N–H and O–H groups in total. The minimum atomic E-state index is -0.790. The predicted octanol–water partition coefficient (Wildman–Crippen LogP) is 2.22. The maximum absolute atomic E-state index is 12.2. The normalized spacial score (nSPS) is 29.2. The summed E-state index contributed by atoms with van der Waals surface area (Å²) in [5.74, 6) is 0.0805. The Balaban J connectivity index is 1.79. The average Bonchev–Trinajstić information content (AvgIpc) is 2.44. The third-order valence-corrected chi connectivity index (χ3v) is 5.29. The monoisotopic (exact) mass is 324 g/mol. The summed E-state index contributed by atoms with van der Waals surface area (Å²) in [6.45, 7) is 7.34. The van der Waals surface area contributed by atoms with Crippen molar-refractivity contribution in [3.63, 3.8) is 0 Å². The van der Waals surface area contributed by atoms with Crippen LogP contribution in [0.15, 0.2) is 0 Å². The zero-order valence-corrected chi connectivity index (χ0v) is 14.9. The molecule has 2 amide bonds. The van der Waals surface area contributed by atoms with Gasteiger partial charge in [0.1, 0.15) is 0 Å². The summed E-state index contributed by atoms with van der Waals surface area (Å²) in [7, 11) is 0. The molecule has 5 heteroatoms. The quantitative estimate of drug-likeness (QED) is 0.815. The van der Waals surface area contributed by atoms with Gasteiger partial charge in [-0.25, -0.2) is 0 Å². The summed E-state index contributed by atoms with van der Waals surface area (Å²) in [6, 6.07) is -0.0692. The van der Waals surface area contributed by atoms with E-state index in [9.17, 15) is 14.7 Å². The lowest BCUT2D eigenvalue weighted by molar-refractivity contribution is -0.136. The van der Waals surface area contributed by atoms with Gasteiger partial charge >= 0.3 is 0 Å². The molecule has 0 spiro atoms. The second-order valence-electron chi connectivity index (χ2n) is 8.29. The van der Waals surface area contributed by atoms with Gasteiger partial charge in [0.05, 0.1) is 5.60 Å². The molecule has 2 fully saturated rings. The van der Waals surface area contributed by atoms with E-state index in [-0.39, 0.29) is 23.3 Å². The largest absolute Gasteiger partial charge is 0.388 e. The Bertz CT molecular complexity index is 450. The molecule has 2 rings (SSSR count). The van der Waals surface area contributed by atoms with Gasteiger partial charge in [-0.1, -0.05) is 13.8 Å². The number of aliphatic hydroxyl groups is 1. The van der Waals surface area contributed by atoms with Crippen LogP contribution in [0.5, 0.6) is 0 Å². The topological polar surface area (TPSA) is 69.6 Å². The molecule has 132 valence electrons. The van der Waals surface area contributed by atoms with E-state index in [2.05, 4.69) is 19.2 Å². The van der Waals surface area contributed by atoms with E-state index in [1.165, 1.54) is 0 Å². The second kappa shape index (κ2) is 7.20. The average molecular weight is 324 g/mol. The van der Waals surface area contributed by atoms with Crippen molar-refractivity contribution < 1.29 is 14.7 Å². The maximum atomic E-state index is 12.2. The van der Waals surface area contributed by atoms with Crippen molar-refractivity contribution in [3.8, 4) is 0 Å². The molecule has 1 saturated carbocycles. The fraction of sp³-hybridized carbons (Fsp3) is 0.889. The maximum Gasteiger partial charge on any atom is 0.222 e. The van der Waals surface area contributed by atoms with Gasteiger partial charge in [0, 0.05) is 32.0 Å². The molecule has 0 aromatic rings. The highest BCUT2D eigenvalue weighted by Crippen LogP contribution is 2.40. The summed E-state index contributed by atoms with van der Waals surface area (Å²) in [6.07, 6.45) is 6.47. The first kappa shape index (κ1) is 18.2. The number of hydrogen-bond acceptors (Lipinski definition) is 3. The summed E-state index contributed by atoms with van der Waals surface area (Å²) >= 11 is 0. The lowest BCUT2D eigenvalue weighted by atomic mass is 9.70. The fourth-order valence-electron chi connectivity index (χ4n) is 4.12. The summed E-state index contributed by atoms with van der Waals surface area (Å²) in [5, 5.41) is 13.6. The first-order valence-electron chi connectivity index (χ1n) is 8.99. The van der Waals surface area contributed by atoms with Gasteiger partial charge in [0.25, 0.3) is 0 Å². The van der Waals surface area contributed by atoms with Crippen molar-refractivity contribution in [2.75, 3.05) is 13.1 Å². The molecule has 1 saturated heterocycles. The number of piperidine rings is 1. The van der Waals surface area contributed by atoms with Crippen LogP contribution in [-0.4, -0.2) is 46.6 Å². The van der Waals surface area contributed by atoms with E-state index in [1.54, 1.807) is 0 Å². The minimum Gasteiger partial charge on any atom is -0.388 e. The number of carbonyl (C=O) groups excluding carboxylic acids is 2. The molecular weight excluding hydrogens is 292 g/mol. The highest BCUT2D eigenvalue weighted by Gasteiger charge is 2.38. The fourth-order valence-corrected chi connectivity index (χ4v) is 4.12. The van der Waals surface area contributed by atoms with Crippen molar-refractivity contribution in [1.82, 2.24) is 10.2 Å². The Morgan fingerprint density at radius 3 is 2.70 bits per heavy atom. The van der Waals surface area contributed by atoms with Crippen molar-refractivity contribution in [2.45, 2.75) is 83.8 Å². The molecule has 0 bridgehead atoms. The molecular formula is C18H32N2O3. The molecule has 0 unspecified atom stereocenters. The Hall–Kier alpha value is -1.10. The predicted molar refractivity (Wildman–Crippen MR) is 89.9 cm³/mol. The van der Waals surface area contributed by atoms with E-state index < -0.39 is 5.60 Å². The smallest absolute Gasteiger partial charge is 0.222 e. The molecule has 0 radical (unpaired) electrons. The van der Waals surface area contributed by atoms with E-state index in [0.717, 1.165) is 45.1 Å². The van der Waals surface area contributed by atoms with Crippen LogP contribution in [0.2, 0.25) is 0 Å². The van der Waals surface area contributed by atoms with Gasteiger partial charge in [-0.05, 0) is 50.9 Å². The van der Waals surface area contributed by atoms with Gasteiger partial charge < -0.3 is 15.3 Å². The Morgan fingerprint density at radius 1 is 1.30 bits per heavy atom. The molecule has 5 nitrogen and oxygen atoms in total. The number of amides is 2. The van der Waals surface area contributed by atoms with Crippen LogP contribution in [0.3, 0.4) is 0 Å². The van der Waals surface area contributed by atoms with Crippen LogP contribution in [0.1, 0.15) is 72.1 Å². The van der Waals surface area contributed by atoms with E-state index in [1.807, 2.05) is 11.8 Å². The zero-order chi connectivity index (χ0) is 17.1. The summed E-state index contributed by atoms with van der Waals surface area (Å²) in [4.78, 5) is 25.9. The Kier molecular flexibility index (Phi) is 5.71. The number of hydrogen-bond donors (Lipinski definition) is 2. The Morgan fingerprint density at radius 2 is 2.04 bits per heavy atom. The Labute approximate surface area is 139 Å². The number of carbonyl (C=O) groups is 2. The minimum absolute atomic E-state index is 0.0692. The van der Waals surface area contributed by atoms with Crippen LogP contribution in [0, 0.1) is 5.41 Å². The molecule has 1 aliphatic heterocycles. The van der Waals surface area contributed by atoms with Gasteiger partial charge in [0.15, 0.2) is 0 Å². The molecule has 0 aromatic carbocycles. The van der Waals surface area contributed by atoms with E-state index >= 15 is 0 Å². The summed E-state index contributed by atoms with van der Waals surface area (Å²) in [5.41, 5.74) is -0.660. The van der Waals surface area contributed by atoms with Crippen molar-refractivity contribution in [2.24, 2.45) is 5.41 Å². The number of nitrogens with one attached hydrogen (secondary N) is 1. The van der Waals surface area contributed by atoms with Gasteiger partial charge in [-0.3, -0.25) is 9.59 Å². The van der Waals surface area contributed by atoms with Crippen molar-refractivity contribution >= 4 is 11.8 Å². The van der Waals surface area contributed by atoms with Crippen LogP contribution in [0.25, 0.3) is 0 Å². The standard InChI is InChI=1S/C18H32N2O3/c1-14(20-10-5-4-7-16(20)22)11-15(21)19-13-18(23)9-6-8-17(2,3)12-18/h14,23H,4-13H2,1-3H3,(H,19,21)/t14-,18-/m1/s1. The SMILES string of the molecule is C[C@H](CC(=O)NC[C@@]1(O)CCCC(C)(C)C1)N1CCCCC1=O. The molecule has 1 aliphatic carbocycles. The molecule has 2 atom stereocenters. The molecule has 1 heterocycles. The van der Waals surface area contributed by atoms with E-state index in [4.69, 9.17) is 0 Å². The van der Waals surface area contributed by atoms with E-state index in [0.29, 0.717) is 19.4 Å². The lowest BCUT2D eigenvalue weighted by Gasteiger charge is -2.41. The number of likely N-dealkylation sites (tertiary alicyclic amines) is 1. The first-order valence-corrected chi connectivity index (χ1v) is 8.99. The highest BCUT2D eigenvalue weighted by atomic mass is 16.3. The van der Waals surface area contributed by atoms with Crippen molar-refractivity contribution in [1.29, 1.82) is 0 Å². The third-order valence-electron chi connectivity index (χ3n) is 5.29. The molecule has 2 aliphatic rings. The van der Waals surface area contributed by atoms with Crippen molar-refractivity contribution in [3.05, 3.63) is 0 Å². The highest BCUT2D eigenvalue weighted by molar-refractivity contribution is 5.80. The second-order valence-corrected chi connectivity index (χ2v) is 8.29.